The van der Waals surface area contributed by atoms with E-state index in [1.165, 1.54) is 11.1 Å². The van der Waals surface area contributed by atoms with Crippen molar-refractivity contribution in [2.75, 3.05) is 20.3 Å². The highest BCUT2D eigenvalue weighted by Crippen LogP contribution is 2.40. The fourth-order valence-electron chi connectivity index (χ4n) is 2.72. The smallest absolute Gasteiger partial charge is 0.172 e. The molecule has 0 unspecified atom stereocenters. The molecule has 1 saturated heterocycles. The van der Waals surface area contributed by atoms with Gasteiger partial charge in [0, 0.05) is 18.4 Å². The van der Waals surface area contributed by atoms with E-state index in [1.54, 1.807) is 7.11 Å². The first kappa shape index (κ1) is 11.8. The number of ether oxygens (including phenoxy) is 3. The van der Waals surface area contributed by atoms with Gasteiger partial charge in [0.1, 0.15) is 5.75 Å². The monoisotopic (exact) mass is 246 g/mol. The molecule has 18 heavy (non-hydrogen) atoms. The minimum atomic E-state index is -0.342. The summed E-state index contributed by atoms with van der Waals surface area (Å²) < 4.78 is 16.9. The Balaban J connectivity index is 1.84. The summed E-state index contributed by atoms with van der Waals surface area (Å²) >= 11 is 0. The van der Waals surface area contributed by atoms with Gasteiger partial charge in [-0.05, 0) is 18.1 Å². The molecular weight excluding hydrogens is 228 g/mol. The fraction of sp³-hybridized carbons (Fsp3) is 0.467. The molecule has 0 bridgehead atoms. The van der Waals surface area contributed by atoms with Crippen LogP contribution in [-0.2, 0) is 9.47 Å². The summed E-state index contributed by atoms with van der Waals surface area (Å²) in [5, 5.41) is 0. The molecule has 3 nitrogen and oxygen atoms in total. The molecule has 1 aliphatic carbocycles. The van der Waals surface area contributed by atoms with E-state index >= 15 is 0 Å². The van der Waals surface area contributed by atoms with Gasteiger partial charge in [0.05, 0.1) is 20.3 Å². The van der Waals surface area contributed by atoms with Crippen LogP contribution in [0.2, 0.25) is 0 Å². The van der Waals surface area contributed by atoms with Crippen molar-refractivity contribution in [2.45, 2.75) is 25.0 Å². The standard InChI is InChI=1S/C15H18O3/c1-16-14-5-3-2-4-13(14)12-6-8-15(9-7-12)17-10-11-18-15/h2-6H,7-11H2,1H3. The summed E-state index contributed by atoms with van der Waals surface area (Å²) in [5.74, 6) is 0.596. The lowest BCUT2D eigenvalue weighted by Crippen LogP contribution is -2.31. The Kier molecular flexibility index (Phi) is 3.10. The number of methoxy groups -OCH3 is 1. The van der Waals surface area contributed by atoms with E-state index in [4.69, 9.17) is 14.2 Å². The zero-order valence-corrected chi connectivity index (χ0v) is 10.6. The maximum absolute atomic E-state index is 5.72. The predicted molar refractivity (Wildman–Crippen MR) is 69.5 cm³/mol. The molecule has 96 valence electrons. The van der Waals surface area contributed by atoms with Crippen molar-refractivity contribution in [1.29, 1.82) is 0 Å². The number of hydrogen-bond donors (Lipinski definition) is 0. The number of benzene rings is 1. The van der Waals surface area contributed by atoms with E-state index in [9.17, 15) is 0 Å². The van der Waals surface area contributed by atoms with Gasteiger partial charge in [-0.25, -0.2) is 0 Å². The lowest BCUT2D eigenvalue weighted by atomic mass is 9.89. The summed E-state index contributed by atoms with van der Waals surface area (Å²) in [7, 11) is 1.72. The minimum Gasteiger partial charge on any atom is -0.496 e. The quantitative estimate of drug-likeness (QED) is 0.803. The second-order valence-corrected chi connectivity index (χ2v) is 4.74. The second kappa shape index (κ2) is 4.75. The second-order valence-electron chi connectivity index (χ2n) is 4.74. The lowest BCUT2D eigenvalue weighted by Gasteiger charge is -2.31. The van der Waals surface area contributed by atoms with Crippen molar-refractivity contribution in [2.24, 2.45) is 0 Å². The van der Waals surface area contributed by atoms with Crippen LogP contribution in [0.1, 0.15) is 24.8 Å². The lowest BCUT2D eigenvalue weighted by molar-refractivity contribution is -0.159. The minimum absolute atomic E-state index is 0.342. The maximum atomic E-state index is 5.72. The van der Waals surface area contributed by atoms with Crippen LogP contribution in [0.15, 0.2) is 30.3 Å². The molecular formula is C15H18O3. The Morgan fingerprint density at radius 1 is 1.17 bits per heavy atom. The van der Waals surface area contributed by atoms with Crippen LogP contribution < -0.4 is 4.74 Å². The van der Waals surface area contributed by atoms with Gasteiger partial charge in [-0.1, -0.05) is 24.3 Å². The first-order chi connectivity index (χ1) is 8.83. The Hall–Kier alpha value is -1.32. The molecule has 1 aromatic rings. The van der Waals surface area contributed by atoms with Crippen LogP contribution >= 0.6 is 0 Å². The normalized spacial score (nSPS) is 21.9. The van der Waals surface area contributed by atoms with Gasteiger partial charge in [-0.15, -0.1) is 0 Å². The van der Waals surface area contributed by atoms with Crippen molar-refractivity contribution < 1.29 is 14.2 Å². The number of para-hydroxylation sites is 1. The van der Waals surface area contributed by atoms with Crippen molar-refractivity contribution in [3.8, 4) is 5.75 Å². The third-order valence-electron chi connectivity index (χ3n) is 3.70. The van der Waals surface area contributed by atoms with E-state index in [0.717, 1.165) is 38.2 Å². The van der Waals surface area contributed by atoms with Crippen LogP contribution in [0, 0.1) is 0 Å². The van der Waals surface area contributed by atoms with Crippen LogP contribution in [0.4, 0.5) is 0 Å². The molecule has 1 heterocycles. The molecule has 0 aromatic heterocycles. The summed E-state index contributed by atoms with van der Waals surface area (Å²) in [6, 6.07) is 8.16. The number of allylic oxidation sites excluding steroid dienone is 1. The predicted octanol–water partition coefficient (Wildman–Crippen LogP) is 3.01. The van der Waals surface area contributed by atoms with Crippen LogP contribution in [0.3, 0.4) is 0 Å². The Morgan fingerprint density at radius 2 is 1.94 bits per heavy atom. The first-order valence-electron chi connectivity index (χ1n) is 6.43. The van der Waals surface area contributed by atoms with E-state index in [-0.39, 0.29) is 5.79 Å². The molecule has 0 saturated carbocycles. The molecule has 0 radical (unpaired) electrons. The molecule has 1 spiro atoms. The third-order valence-corrected chi connectivity index (χ3v) is 3.70. The molecule has 3 heteroatoms. The van der Waals surface area contributed by atoms with Crippen molar-refractivity contribution in [3.63, 3.8) is 0 Å². The van der Waals surface area contributed by atoms with Gasteiger partial charge in [0.25, 0.3) is 0 Å². The zero-order valence-electron chi connectivity index (χ0n) is 10.6. The van der Waals surface area contributed by atoms with Crippen molar-refractivity contribution in [3.05, 3.63) is 35.9 Å². The van der Waals surface area contributed by atoms with Gasteiger partial charge >= 0.3 is 0 Å². The van der Waals surface area contributed by atoms with Gasteiger partial charge in [0.15, 0.2) is 5.79 Å². The molecule has 2 aliphatic rings. The van der Waals surface area contributed by atoms with E-state index < -0.39 is 0 Å². The molecule has 1 aliphatic heterocycles. The SMILES string of the molecule is COc1ccccc1C1=CCC2(CC1)OCCO2. The van der Waals surface area contributed by atoms with Crippen LogP contribution in [0.5, 0.6) is 5.75 Å². The fourth-order valence-corrected chi connectivity index (χ4v) is 2.72. The summed E-state index contributed by atoms with van der Waals surface area (Å²) in [6.07, 6.45) is 4.96. The summed E-state index contributed by atoms with van der Waals surface area (Å²) in [6.45, 7) is 1.44. The van der Waals surface area contributed by atoms with Gasteiger partial charge in [-0.3, -0.25) is 0 Å². The largest absolute Gasteiger partial charge is 0.496 e. The molecule has 0 N–H and O–H groups in total. The van der Waals surface area contributed by atoms with Gasteiger partial charge in [-0.2, -0.15) is 0 Å². The molecule has 0 amide bonds. The molecule has 1 fully saturated rings. The van der Waals surface area contributed by atoms with Crippen molar-refractivity contribution >= 4 is 5.57 Å². The number of rotatable bonds is 2. The molecule has 1 aromatic carbocycles. The Bertz CT molecular complexity index is 459. The van der Waals surface area contributed by atoms with Crippen LogP contribution in [0.25, 0.3) is 5.57 Å². The highest BCUT2D eigenvalue weighted by molar-refractivity contribution is 5.71. The van der Waals surface area contributed by atoms with E-state index in [1.807, 2.05) is 18.2 Å². The van der Waals surface area contributed by atoms with Crippen LogP contribution in [-0.4, -0.2) is 26.1 Å². The summed E-state index contributed by atoms with van der Waals surface area (Å²) in [4.78, 5) is 0. The molecule has 3 rings (SSSR count). The summed E-state index contributed by atoms with van der Waals surface area (Å²) in [5.41, 5.74) is 2.52. The van der Waals surface area contributed by atoms with Gasteiger partial charge in [0.2, 0.25) is 0 Å². The highest BCUT2D eigenvalue weighted by Gasteiger charge is 2.37. The number of hydrogen-bond acceptors (Lipinski definition) is 3. The zero-order chi connectivity index (χ0) is 12.4. The first-order valence-corrected chi connectivity index (χ1v) is 6.43. The van der Waals surface area contributed by atoms with Crippen molar-refractivity contribution in [1.82, 2.24) is 0 Å². The van der Waals surface area contributed by atoms with Gasteiger partial charge < -0.3 is 14.2 Å². The topological polar surface area (TPSA) is 27.7 Å². The van der Waals surface area contributed by atoms with E-state index in [0.29, 0.717) is 0 Å². The molecule has 0 atom stereocenters. The Labute approximate surface area is 107 Å². The maximum Gasteiger partial charge on any atom is 0.172 e. The Morgan fingerprint density at radius 3 is 2.61 bits per heavy atom. The average Bonchev–Trinajstić information content (AvgIpc) is 2.88. The highest BCUT2D eigenvalue weighted by atomic mass is 16.7. The third kappa shape index (κ3) is 2.04. The average molecular weight is 246 g/mol. The van der Waals surface area contributed by atoms with E-state index in [2.05, 4.69) is 12.1 Å².